The van der Waals surface area contributed by atoms with Gasteiger partial charge in [-0.2, -0.15) is 0 Å². The Hall–Kier alpha value is -1.28. The molecule has 0 spiro atoms. The van der Waals surface area contributed by atoms with Gasteiger partial charge in [-0.05, 0) is 43.4 Å². The second kappa shape index (κ2) is 6.45. The molecule has 1 unspecified atom stereocenters. The molecule has 1 aromatic carbocycles. The largest absolute Gasteiger partial charge is 0.491 e. The molecule has 1 aromatic rings. The Morgan fingerprint density at radius 3 is 2.71 bits per heavy atom. The van der Waals surface area contributed by atoms with Crippen LogP contribution in [-0.2, 0) is 11.2 Å². The molecule has 0 aromatic heterocycles. The summed E-state index contributed by atoms with van der Waals surface area (Å²) in [5.74, 6) is 0.940. The Balaban J connectivity index is 1.70. The molecule has 0 saturated carbocycles. The molecule has 2 nitrogen and oxygen atoms in total. The number of rotatable bonds is 8. The molecule has 2 heteroatoms. The van der Waals surface area contributed by atoms with Crippen LogP contribution in [0.5, 0.6) is 5.75 Å². The van der Waals surface area contributed by atoms with Crippen molar-refractivity contribution >= 4 is 0 Å². The maximum Gasteiger partial charge on any atom is 0.119 e. The molecular formula is C15H20O2. The van der Waals surface area contributed by atoms with Crippen molar-refractivity contribution < 1.29 is 9.47 Å². The Bertz CT molecular complexity index is 338. The number of unbranched alkanes of at least 4 members (excludes halogenated alkanes) is 2. The van der Waals surface area contributed by atoms with Crippen LogP contribution in [0.15, 0.2) is 36.9 Å². The highest BCUT2D eigenvalue weighted by Crippen LogP contribution is 2.17. The zero-order valence-electron chi connectivity index (χ0n) is 10.2. The van der Waals surface area contributed by atoms with Crippen LogP contribution in [0.3, 0.4) is 0 Å². The number of hydrogen-bond donors (Lipinski definition) is 0. The van der Waals surface area contributed by atoms with Gasteiger partial charge in [-0.1, -0.05) is 18.2 Å². The number of ether oxygens (including phenoxy) is 2. The maximum atomic E-state index is 5.59. The van der Waals surface area contributed by atoms with Crippen LogP contribution in [0.25, 0.3) is 0 Å². The number of aryl methyl sites for hydroxylation is 1. The Kier molecular flexibility index (Phi) is 4.63. The third-order valence-corrected chi connectivity index (χ3v) is 2.89. The molecule has 0 N–H and O–H groups in total. The summed E-state index contributed by atoms with van der Waals surface area (Å²) in [6.07, 6.45) is 7.01. The quantitative estimate of drug-likeness (QED) is 0.389. The smallest absolute Gasteiger partial charge is 0.119 e. The Morgan fingerprint density at radius 2 is 2.06 bits per heavy atom. The fourth-order valence-electron chi connectivity index (χ4n) is 1.72. The normalized spacial score (nSPS) is 17.8. The summed E-state index contributed by atoms with van der Waals surface area (Å²) in [6, 6.07) is 8.39. The van der Waals surface area contributed by atoms with E-state index >= 15 is 0 Å². The maximum absolute atomic E-state index is 5.59. The molecule has 0 radical (unpaired) electrons. The summed E-state index contributed by atoms with van der Waals surface area (Å²) >= 11 is 0. The summed E-state index contributed by atoms with van der Waals surface area (Å²) in [4.78, 5) is 0. The second-order valence-electron chi connectivity index (χ2n) is 4.44. The standard InChI is InChI=1S/C15H20O2/c1-2-3-4-5-6-13-7-9-14(10-8-13)16-11-15-12-17-15/h2,7-10,15H,1,3-6,11-12H2. The van der Waals surface area contributed by atoms with Crippen LogP contribution in [0.2, 0.25) is 0 Å². The molecule has 1 saturated heterocycles. The van der Waals surface area contributed by atoms with E-state index in [1.165, 1.54) is 18.4 Å². The van der Waals surface area contributed by atoms with Gasteiger partial charge in [0.05, 0.1) is 6.61 Å². The van der Waals surface area contributed by atoms with Crippen molar-refractivity contribution in [3.63, 3.8) is 0 Å². The predicted molar refractivity (Wildman–Crippen MR) is 69.4 cm³/mol. The van der Waals surface area contributed by atoms with Crippen LogP contribution in [-0.4, -0.2) is 19.3 Å². The summed E-state index contributed by atoms with van der Waals surface area (Å²) in [5.41, 5.74) is 1.38. The molecule has 0 bridgehead atoms. The van der Waals surface area contributed by atoms with Crippen molar-refractivity contribution in [2.24, 2.45) is 0 Å². The van der Waals surface area contributed by atoms with E-state index in [1.807, 2.05) is 18.2 Å². The van der Waals surface area contributed by atoms with Crippen LogP contribution in [0.1, 0.15) is 24.8 Å². The highest BCUT2D eigenvalue weighted by atomic mass is 16.6. The fourth-order valence-corrected chi connectivity index (χ4v) is 1.72. The highest BCUT2D eigenvalue weighted by molar-refractivity contribution is 5.27. The molecule has 92 valence electrons. The van der Waals surface area contributed by atoms with Gasteiger partial charge in [0, 0.05) is 0 Å². The third-order valence-electron chi connectivity index (χ3n) is 2.89. The molecule has 0 aliphatic carbocycles. The molecule has 1 atom stereocenters. The van der Waals surface area contributed by atoms with Crippen molar-refractivity contribution in [2.45, 2.75) is 31.8 Å². The fraction of sp³-hybridized carbons (Fsp3) is 0.467. The summed E-state index contributed by atoms with van der Waals surface area (Å²) in [7, 11) is 0. The van der Waals surface area contributed by atoms with Crippen molar-refractivity contribution in [1.82, 2.24) is 0 Å². The van der Waals surface area contributed by atoms with Gasteiger partial charge < -0.3 is 9.47 Å². The Morgan fingerprint density at radius 1 is 1.29 bits per heavy atom. The average molecular weight is 232 g/mol. The van der Waals surface area contributed by atoms with E-state index in [0.717, 1.165) is 25.2 Å². The lowest BCUT2D eigenvalue weighted by molar-refractivity contribution is 0.263. The van der Waals surface area contributed by atoms with E-state index < -0.39 is 0 Å². The number of benzene rings is 1. The molecule has 0 amide bonds. The molecule has 1 fully saturated rings. The van der Waals surface area contributed by atoms with Gasteiger partial charge in [0.15, 0.2) is 0 Å². The van der Waals surface area contributed by atoms with Gasteiger partial charge in [0.2, 0.25) is 0 Å². The topological polar surface area (TPSA) is 21.8 Å². The van der Waals surface area contributed by atoms with E-state index in [4.69, 9.17) is 9.47 Å². The first-order chi connectivity index (χ1) is 8.38. The van der Waals surface area contributed by atoms with Crippen molar-refractivity contribution in [2.75, 3.05) is 13.2 Å². The van der Waals surface area contributed by atoms with E-state index in [-0.39, 0.29) is 0 Å². The summed E-state index contributed by atoms with van der Waals surface area (Å²) in [5, 5.41) is 0. The third kappa shape index (κ3) is 4.61. The zero-order chi connectivity index (χ0) is 11.9. The molecule has 17 heavy (non-hydrogen) atoms. The van der Waals surface area contributed by atoms with Crippen LogP contribution in [0, 0.1) is 0 Å². The first-order valence-electron chi connectivity index (χ1n) is 6.33. The molecular weight excluding hydrogens is 212 g/mol. The summed E-state index contributed by atoms with van der Waals surface area (Å²) < 4.78 is 10.7. The minimum absolute atomic E-state index is 0.327. The van der Waals surface area contributed by atoms with Crippen LogP contribution >= 0.6 is 0 Å². The van der Waals surface area contributed by atoms with Gasteiger partial charge >= 0.3 is 0 Å². The second-order valence-corrected chi connectivity index (χ2v) is 4.44. The lowest BCUT2D eigenvalue weighted by Crippen LogP contribution is -2.03. The van der Waals surface area contributed by atoms with Crippen LogP contribution < -0.4 is 4.74 Å². The Labute approximate surface area is 103 Å². The minimum atomic E-state index is 0.327. The number of epoxide rings is 1. The van der Waals surface area contributed by atoms with Crippen molar-refractivity contribution in [3.05, 3.63) is 42.5 Å². The van der Waals surface area contributed by atoms with Gasteiger partial charge in [-0.3, -0.25) is 0 Å². The first-order valence-corrected chi connectivity index (χ1v) is 6.33. The SMILES string of the molecule is C=CCCCCc1ccc(OCC2CO2)cc1. The van der Waals surface area contributed by atoms with E-state index in [9.17, 15) is 0 Å². The van der Waals surface area contributed by atoms with Gasteiger partial charge in [-0.15, -0.1) is 6.58 Å². The highest BCUT2D eigenvalue weighted by Gasteiger charge is 2.22. The van der Waals surface area contributed by atoms with E-state index in [1.54, 1.807) is 0 Å². The zero-order valence-corrected chi connectivity index (χ0v) is 10.2. The number of allylic oxidation sites excluding steroid dienone is 1. The monoisotopic (exact) mass is 232 g/mol. The van der Waals surface area contributed by atoms with Gasteiger partial charge in [0.25, 0.3) is 0 Å². The van der Waals surface area contributed by atoms with E-state index in [2.05, 4.69) is 18.7 Å². The lowest BCUT2D eigenvalue weighted by Gasteiger charge is -2.05. The van der Waals surface area contributed by atoms with E-state index in [0.29, 0.717) is 12.7 Å². The summed E-state index contributed by atoms with van der Waals surface area (Å²) in [6.45, 7) is 5.26. The number of hydrogen-bond acceptors (Lipinski definition) is 2. The minimum Gasteiger partial charge on any atom is -0.491 e. The molecule has 1 aliphatic rings. The van der Waals surface area contributed by atoms with Gasteiger partial charge in [0.1, 0.15) is 18.5 Å². The van der Waals surface area contributed by atoms with Crippen molar-refractivity contribution in [3.8, 4) is 5.75 Å². The molecule has 2 rings (SSSR count). The average Bonchev–Trinajstić information content (AvgIpc) is 3.18. The van der Waals surface area contributed by atoms with Crippen molar-refractivity contribution in [1.29, 1.82) is 0 Å². The first kappa shape index (κ1) is 12.2. The van der Waals surface area contributed by atoms with Crippen LogP contribution in [0.4, 0.5) is 0 Å². The molecule has 1 heterocycles. The molecule has 1 aliphatic heterocycles. The lowest BCUT2D eigenvalue weighted by atomic mass is 10.1. The predicted octanol–water partition coefficient (Wildman–Crippen LogP) is 3.36. The van der Waals surface area contributed by atoms with Gasteiger partial charge in [-0.25, -0.2) is 0 Å².